The van der Waals surface area contributed by atoms with Crippen LogP contribution in [0.4, 0.5) is 21.3 Å². The van der Waals surface area contributed by atoms with Crippen LogP contribution in [0.5, 0.6) is 0 Å². The number of hydrogen-bond donors (Lipinski definition) is 3. The molecular weight excluding hydrogens is 338 g/mol. The molecular formula is C10H6ClN5O5S. The first kappa shape index (κ1) is 15.6. The van der Waals surface area contributed by atoms with Gasteiger partial charge in [0.2, 0.25) is 11.1 Å². The third-order valence-corrected chi connectivity index (χ3v) is 3.31. The second-order valence-corrected chi connectivity index (χ2v) is 4.93. The molecule has 0 saturated carbocycles. The normalized spacial score (nSPS) is 10.0. The van der Waals surface area contributed by atoms with Crippen molar-refractivity contribution in [1.29, 1.82) is 0 Å². The summed E-state index contributed by atoms with van der Waals surface area (Å²) in [6.07, 6.45) is -0.597. The first-order valence-electron chi connectivity index (χ1n) is 5.44. The summed E-state index contributed by atoms with van der Waals surface area (Å²) in [6.45, 7) is 0. The fourth-order valence-corrected chi connectivity index (χ4v) is 2.35. The van der Waals surface area contributed by atoms with Gasteiger partial charge in [0, 0.05) is 0 Å². The summed E-state index contributed by atoms with van der Waals surface area (Å²) >= 11 is 6.63. The smallest absolute Gasteiger partial charge is 0.411 e. The first-order valence-corrected chi connectivity index (χ1v) is 6.70. The molecule has 0 aliphatic heterocycles. The molecule has 0 bridgehead atoms. The van der Waals surface area contributed by atoms with Crippen molar-refractivity contribution in [3.05, 3.63) is 38.6 Å². The van der Waals surface area contributed by atoms with E-state index in [-0.39, 0.29) is 21.7 Å². The van der Waals surface area contributed by atoms with Crippen molar-refractivity contribution >= 4 is 51.4 Å². The molecule has 0 saturated heterocycles. The van der Waals surface area contributed by atoms with E-state index >= 15 is 0 Å². The highest BCUT2D eigenvalue weighted by atomic mass is 35.5. The average Bonchev–Trinajstić information content (AvgIpc) is 2.85. The summed E-state index contributed by atoms with van der Waals surface area (Å²) in [5.74, 6) is -1.09. The van der Waals surface area contributed by atoms with Gasteiger partial charge in [-0.25, -0.2) is 9.78 Å². The number of anilines is 2. The number of aromatic nitrogens is 2. The molecule has 2 aromatic heterocycles. The fourth-order valence-electron chi connectivity index (χ4n) is 1.44. The molecule has 0 radical (unpaired) electrons. The van der Waals surface area contributed by atoms with Gasteiger partial charge < -0.3 is 10.4 Å². The minimum atomic E-state index is -1.52. The number of carbonyl (C=O) groups is 2. The molecule has 0 fully saturated rings. The van der Waals surface area contributed by atoms with Crippen molar-refractivity contribution < 1.29 is 19.6 Å². The maximum Gasteiger partial charge on any atom is 0.411 e. The van der Waals surface area contributed by atoms with E-state index < -0.39 is 22.6 Å². The Morgan fingerprint density at radius 2 is 2.18 bits per heavy atom. The summed E-state index contributed by atoms with van der Waals surface area (Å²) in [7, 11) is 0. The van der Waals surface area contributed by atoms with Crippen LogP contribution >= 0.6 is 22.9 Å². The number of amides is 2. The summed E-state index contributed by atoms with van der Waals surface area (Å²) in [4.78, 5) is 39.6. The van der Waals surface area contributed by atoms with E-state index in [4.69, 9.17) is 16.7 Å². The molecule has 2 aromatic rings. The van der Waals surface area contributed by atoms with Gasteiger partial charge in [-0.2, -0.15) is 4.98 Å². The van der Waals surface area contributed by atoms with Gasteiger partial charge in [0.15, 0.2) is 0 Å². The van der Waals surface area contributed by atoms with Gasteiger partial charge >= 0.3 is 11.8 Å². The van der Waals surface area contributed by atoms with E-state index in [9.17, 15) is 19.7 Å². The van der Waals surface area contributed by atoms with E-state index in [2.05, 4.69) is 15.3 Å². The molecule has 0 spiro atoms. The van der Waals surface area contributed by atoms with Crippen LogP contribution in [0.1, 0.15) is 10.4 Å². The Morgan fingerprint density at radius 3 is 2.82 bits per heavy atom. The predicted molar refractivity (Wildman–Crippen MR) is 76.8 cm³/mol. The van der Waals surface area contributed by atoms with E-state index in [0.717, 1.165) is 17.5 Å². The lowest BCUT2D eigenvalue weighted by Crippen LogP contribution is -2.28. The number of hydrogen-bond acceptors (Lipinski definition) is 8. The van der Waals surface area contributed by atoms with Gasteiger partial charge in [-0.05, 0) is 23.0 Å². The van der Waals surface area contributed by atoms with Crippen molar-refractivity contribution in [1.82, 2.24) is 15.3 Å². The molecule has 0 unspecified atom stereocenters. The minimum absolute atomic E-state index is 0.00330. The number of nitrogens with zero attached hydrogens (tertiary/aromatic N) is 3. The molecule has 22 heavy (non-hydrogen) atoms. The van der Waals surface area contributed by atoms with Gasteiger partial charge in [0.05, 0.1) is 10.5 Å². The number of carboxylic acid groups (broad SMARTS) is 1. The summed E-state index contributed by atoms with van der Waals surface area (Å²) < 4.78 is 0. The van der Waals surface area contributed by atoms with Crippen molar-refractivity contribution in [3.63, 3.8) is 0 Å². The van der Waals surface area contributed by atoms with Crippen molar-refractivity contribution in [2.24, 2.45) is 0 Å². The Morgan fingerprint density at radius 1 is 1.45 bits per heavy atom. The van der Waals surface area contributed by atoms with Gasteiger partial charge in [-0.3, -0.25) is 20.2 Å². The Bertz CT molecular complexity index is 764. The topological polar surface area (TPSA) is 147 Å². The third kappa shape index (κ3) is 3.45. The molecule has 0 aromatic carbocycles. The highest BCUT2D eigenvalue weighted by Crippen LogP contribution is 2.31. The van der Waals surface area contributed by atoms with Gasteiger partial charge in [0.25, 0.3) is 5.91 Å². The van der Waals surface area contributed by atoms with Crippen molar-refractivity contribution in [2.75, 3.05) is 5.32 Å². The second kappa shape index (κ2) is 6.32. The standard InChI is InChI=1S/C10H6ClN5O5S/c11-9-12-3-5(16(20)21)6(14-9)13-8-4(1-2-22-8)7(17)15-10(18)19/h1-3H,(H,15,17)(H,18,19)(H,12,13,14). The Labute approximate surface area is 130 Å². The lowest BCUT2D eigenvalue weighted by molar-refractivity contribution is -0.384. The zero-order chi connectivity index (χ0) is 16.3. The number of imide groups is 1. The van der Waals surface area contributed by atoms with E-state index in [1.54, 1.807) is 5.32 Å². The van der Waals surface area contributed by atoms with Crippen LogP contribution in [-0.2, 0) is 0 Å². The monoisotopic (exact) mass is 343 g/mol. The molecule has 2 rings (SSSR count). The Kier molecular flexibility index (Phi) is 4.48. The SMILES string of the molecule is O=C(O)NC(=O)c1ccsc1Nc1nc(Cl)ncc1[N+](=O)[O-]. The zero-order valence-electron chi connectivity index (χ0n) is 10.4. The predicted octanol–water partition coefficient (Wildman–Crippen LogP) is 2.25. The number of nitro groups is 1. The molecule has 2 heterocycles. The first-order chi connectivity index (χ1) is 10.4. The van der Waals surface area contributed by atoms with E-state index in [0.29, 0.717) is 0 Å². The second-order valence-electron chi connectivity index (χ2n) is 3.68. The lowest BCUT2D eigenvalue weighted by atomic mass is 10.3. The van der Waals surface area contributed by atoms with Gasteiger partial charge in [0.1, 0.15) is 11.2 Å². The lowest BCUT2D eigenvalue weighted by Gasteiger charge is -2.06. The summed E-state index contributed by atoms with van der Waals surface area (Å²) in [5, 5.41) is 25.2. The molecule has 0 atom stereocenters. The van der Waals surface area contributed by atoms with Crippen molar-refractivity contribution in [3.8, 4) is 0 Å². The number of halogens is 1. The molecule has 0 aliphatic rings. The largest absolute Gasteiger partial charge is 0.465 e. The highest BCUT2D eigenvalue weighted by Gasteiger charge is 2.21. The van der Waals surface area contributed by atoms with Crippen LogP contribution in [-0.4, -0.2) is 32.0 Å². The van der Waals surface area contributed by atoms with Crippen LogP contribution in [0, 0.1) is 10.1 Å². The third-order valence-electron chi connectivity index (χ3n) is 2.30. The molecule has 3 N–H and O–H groups in total. The van der Waals surface area contributed by atoms with E-state index in [1.807, 2.05) is 0 Å². The minimum Gasteiger partial charge on any atom is -0.465 e. The molecule has 2 amide bonds. The zero-order valence-corrected chi connectivity index (χ0v) is 12.0. The van der Waals surface area contributed by atoms with Gasteiger partial charge in [-0.15, -0.1) is 11.3 Å². The maximum absolute atomic E-state index is 11.7. The van der Waals surface area contributed by atoms with Crippen LogP contribution in [0.25, 0.3) is 0 Å². The molecule has 114 valence electrons. The molecule has 10 nitrogen and oxygen atoms in total. The summed E-state index contributed by atoms with van der Waals surface area (Å²) in [5.41, 5.74) is -0.446. The van der Waals surface area contributed by atoms with E-state index in [1.165, 1.54) is 11.4 Å². The molecule has 12 heteroatoms. The van der Waals surface area contributed by atoms with Crippen LogP contribution in [0.3, 0.4) is 0 Å². The number of nitrogens with one attached hydrogen (secondary N) is 2. The number of carbonyl (C=O) groups excluding carboxylic acids is 1. The average molecular weight is 344 g/mol. The Hall–Kier alpha value is -2.79. The Balaban J connectivity index is 2.35. The number of rotatable bonds is 4. The van der Waals surface area contributed by atoms with Crippen LogP contribution in [0.15, 0.2) is 17.6 Å². The quantitative estimate of drug-likeness (QED) is 0.435. The highest BCUT2D eigenvalue weighted by molar-refractivity contribution is 7.14. The maximum atomic E-state index is 11.7. The number of thiophene rings is 1. The fraction of sp³-hybridized carbons (Fsp3) is 0. The van der Waals surface area contributed by atoms with Crippen molar-refractivity contribution in [2.45, 2.75) is 0 Å². The van der Waals surface area contributed by atoms with Gasteiger partial charge in [-0.1, -0.05) is 0 Å². The van der Waals surface area contributed by atoms with Crippen LogP contribution < -0.4 is 10.6 Å². The summed E-state index contributed by atoms with van der Waals surface area (Å²) in [6, 6.07) is 1.36. The van der Waals surface area contributed by atoms with Crippen LogP contribution in [0.2, 0.25) is 5.28 Å². The molecule has 0 aliphatic carbocycles.